The maximum absolute atomic E-state index is 14.5. The van der Waals surface area contributed by atoms with E-state index in [0.717, 1.165) is 24.8 Å². The number of unbranched alkanes of at least 4 members (excludes halogenated alkanes) is 3. The number of aromatic nitrogens is 1. The van der Waals surface area contributed by atoms with Crippen LogP contribution in [0.3, 0.4) is 0 Å². The van der Waals surface area contributed by atoms with Crippen LogP contribution in [0, 0.1) is 17.1 Å². The molecule has 1 amide bonds. The molecule has 0 radical (unpaired) electrons. The number of benzene rings is 2. The number of hydrogen-bond acceptors (Lipinski definition) is 4. The fourth-order valence-corrected chi connectivity index (χ4v) is 3.33. The number of aromatic hydroxyl groups is 1. The molecule has 7 heteroatoms. The van der Waals surface area contributed by atoms with Crippen LogP contribution in [0.2, 0.25) is 5.02 Å². The molecule has 0 saturated heterocycles. The van der Waals surface area contributed by atoms with Gasteiger partial charge in [-0.05, 0) is 54.7 Å². The zero-order chi connectivity index (χ0) is 21.5. The lowest BCUT2D eigenvalue weighted by molar-refractivity contribution is 0.0948. The van der Waals surface area contributed by atoms with Crippen LogP contribution in [0.5, 0.6) is 5.75 Å². The van der Waals surface area contributed by atoms with Crippen molar-refractivity contribution in [3.05, 3.63) is 70.1 Å². The van der Waals surface area contributed by atoms with E-state index in [9.17, 15) is 14.3 Å². The van der Waals surface area contributed by atoms with Gasteiger partial charge in [-0.2, -0.15) is 5.26 Å². The molecule has 0 saturated carbocycles. The molecule has 0 atom stereocenters. The molecule has 1 heterocycles. The van der Waals surface area contributed by atoms with Crippen LogP contribution in [0.4, 0.5) is 4.39 Å². The second kappa shape index (κ2) is 10.0. The van der Waals surface area contributed by atoms with Gasteiger partial charge in [0.05, 0.1) is 6.07 Å². The normalized spacial score (nSPS) is 10.7. The van der Waals surface area contributed by atoms with Gasteiger partial charge in [-0.25, -0.2) is 4.39 Å². The number of rotatable bonds is 8. The average Bonchev–Trinajstić information content (AvgIpc) is 2.74. The zero-order valence-electron chi connectivity index (χ0n) is 16.3. The van der Waals surface area contributed by atoms with Crippen molar-refractivity contribution in [1.82, 2.24) is 10.3 Å². The number of aryl methyl sites for hydroxylation is 1. The molecule has 3 aromatic rings. The van der Waals surface area contributed by atoms with Crippen LogP contribution in [-0.2, 0) is 13.0 Å². The number of amides is 1. The van der Waals surface area contributed by atoms with Crippen LogP contribution >= 0.6 is 11.6 Å². The Hall–Kier alpha value is -3.17. The highest BCUT2D eigenvalue weighted by molar-refractivity contribution is 6.30. The van der Waals surface area contributed by atoms with E-state index < -0.39 is 11.7 Å². The van der Waals surface area contributed by atoms with Crippen LogP contribution in [-0.4, -0.2) is 16.0 Å². The van der Waals surface area contributed by atoms with Crippen molar-refractivity contribution in [2.45, 2.75) is 38.6 Å². The van der Waals surface area contributed by atoms with Crippen molar-refractivity contribution in [3.8, 4) is 11.8 Å². The second-order valence-electron chi connectivity index (χ2n) is 7.02. The Balaban J connectivity index is 1.76. The highest BCUT2D eigenvalue weighted by atomic mass is 35.5. The first-order chi connectivity index (χ1) is 14.5. The van der Waals surface area contributed by atoms with Crippen molar-refractivity contribution in [1.29, 1.82) is 5.26 Å². The summed E-state index contributed by atoms with van der Waals surface area (Å²) in [6.07, 6.45) is 4.78. The summed E-state index contributed by atoms with van der Waals surface area (Å²) in [4.78, 5) is 16.6. The molecule has 30 heavy (non-hydrogen) atoms. The molecule has 0 aliphatic heterocycles. The Kier molecular flexibility index (Phi) is 7.21. The second-order valence-corrected chi connectivity index (χ2v) is 7.46. The number of carbonyl (C=O) groups excluding carboxylic acids is 1. The minimum absolute atomic E-state index is 0.0120. The van der Waals surface area contributed by atoms with E-state index in [0.29, 0.717) is 23.4 Å². The minimum atomic E-state index is -0.539. The summed E-state index contributed by atoms with van der Waals surface area (Å²) in [5, 5.41) is 22.7. The molecule has 3 rings (SSSR count). The van der Waals surface area contributed by atoms with Gasteiger partial charge in [-0.15, -0.1) is 0 Å². The molecule has 0 bridgehead atoms. The SMILES string of the molecule is N#CCCCCCc1cc(F)c2ncc(C(=O)NCc3ccc(Cl)cc3)c(O)c2c1. The van der Waals surface area contributed by atoms with Gasteiger partial charge in [0.15, 0.2) is 0 Å². The summed E-state index contributed by atoms with van der Waals surface area (Å²) in [5.74, 6) is -1.33. The third-order valence-electron chi connectivity index (χ3n) is 4.82. The molecule has 0 fully saturated rings. The molecule has 0 aliphatic rings. The number of carbonyl (C=O) groups is 1. The molecule has 2 aromatic carbocycles. The third-order valence-corrected chi connectivity index (χ3v) is 5.07. The highest BCUT2D eigenvalue weighted by Crippen LogP contribution is 2.30. The smallest absolute Gasteiger partial charge is 0.256 e. The maximum atomic E-state index is 14.5. The van der Waals surface area contributed by atoms with Gasteiger partial charge in [0.2, 0.25) is 0 Å². The number of nitriles is 1. The summed E-state index contributed by atoms with van der Waals surface area (Å²) in [7, 11) is 0. The highest BCUT2D eigenvalue weighted by Gasteiger charge is 2.17. The molecule has 5 nitrogen and oxygen atoms in total. The zero-order valence-corrected chi connectivity index (χ0v) is 17.0. The molecule has 0 unspecified atom stereocenters. The van der Waals surface area contributed by atoms with Crippen molar-refractivity contribution < 1.29 is 14.3 Å². The fraction of sp³-hybridized carbons (Fsp3) is 0.261. The quantitative estimate of drug-likeness (QED) is 0.480. The largest absolute Gasteiger partial charge is 0.506 e. The predicted octanol–water partition coefficient (Wildman–Crippen LogP) is 5.29. The van der Waals surface area contributed by atoms with Gasteiger partial charge < -0.3 is 10.4 Å². The van der Waals surface area contributed by atoms with Gasteiger partial charge >= 0.3 is 0 Å². The summed E-state index contributed by atoms with van der Waals surface area (Å²) in [6.45, 7) is 0.255. The lowest BCUT2D eigenvalue weighted by atomic mass is 10.0. The topological polar surface area (TPSA) is 86.0 Å². The number of hydrogen-bond donors (Lipinski definition) is 2. The molecule has 1 aromatic heterocycles. The van der Waals surface area contributed by atoms with E-state index in [2.05, 4.69) is 16.4 Å². The number of halogens is 2. The van der Waals surface area contributed by atoms with Crippen LogP contribution in [0.25, 0.3) is 10.9 Å². The Morgan fingerprint density at radius 2 is 1.93 bits per heavy atom. The molecular formula is C23H21ClFN3O2. The molecule has 0 spiro atoms. The Labute approximate surface area is 179 Å². The molecule has 154 valence electrons. The average molecular weight is 426 g/mol. The van der Waals surface area contributed by atoms with Crippen molar-refractivity contribution in [2.75, 3.05) is 0 Å². The fourth-order valence-electron chi connectivity index (χ4n) is 3.20. The lowest BCUT2D eigenvalue weighted by Crippen LogP contribution is -2.23. The van der Waals surface area contributed by atoms with Gasteiger partial charge in [-0.3, -0.25) is 9.78 Å². The first-order valence-electron chi connectivity index (χ1n) is 9.69. The Morgan fingerprint density at radius 1 is 1.17 bits per heavy atom. The number of nitrogens with zero attached hydrogens (tertiary/aromatic N) is 2. The van der Waals surface area contributed by atoms with Gasteiger partial charge in [0.1, 0.15) is 22.6 Å². The van der Waals surface area contributed by atoms with Gasteiger partial charge in [0, 0.05) is 29.6 Å². The summed E-state index contributed by atoms with van der Waals surface area (Å²) < 4.78 is 14.5. The van der Waals surface area contributed by atoms with Gasteiger partial charge in [0.25, 0.3) is 5.91 Å². The van der Waals surface area contributed by atoms with Crippen LogP contribution in [0.1, 0.15) is 47.2 Å². The minimum Gasteiger partial charge on any atom is -0.506 e. The van der Waals surface area contributed by atoms with Crippen molar-refractivity contribution >= 4 is 28.4 Å². The number of fused-ring (bicyclic) bond motifs is 1. The first kappa shape index (κ1) is 21.5. The molecule has 2 N–H and O–H groups in total. The maximum Gasteiger partial charge on any atom is 0.256 e. The van der Waals surface area contributed by atoms with Crippen molar-refractivity contribution in [2.24, 2.45) is 0 Å². The molecular weight excluding hydrogens is 405 g/mol. The van der Waals surface area contributed by atoms with Crippen LogP contribution in [0.15, 0.2) is 42.6 Å². The molecule has 0 aliphatic carbocycles. The van der Waals surface area contributed by atoms with E-state index in [4.69, 9.17) is 16.9 Å². The van der Waals surface area contributed by atoms with E-state index in [1.165, 1.54) is 12.3 Å². The van der Waals surface area contributed by atoms with Crippen LogP contribution < -0.4 is 5.32 Å². The van der Waals surface area contributed by atoms with E-state index in [1.54, 1.807) is 30.3 Å². The lowest BCUT2D eigenvalue weighted by Gasteiger charge is -2.11. The monoisotopic (exact) mass is 425 g/mol. The third kappa shape index (κ3) is 5.25. The number of pyridine rings is 1. The van der Waals surface area contributed by atoms with Crippen molar-refractivity contribution in [3.63, 3.8) is 0 Å². The number of nitrogens with one attached hydrogen (secondary N) is 1. The first-order valence-corrected chi connectivity index (χ1v) is 10.1. The summed E-state index contributed by atoms with van der Waals surface area (Å²) >= 11 is 5.85. The van der Waals surface area contributed by atoms with E-state index >= 15 is 0 Å². The summed E-state index contributed by atoms with van der Waals surface area (Å²) in [6, 6.07) is 12.2. The predicted molar refractivity (Wildman–Crippen MR) is 114 cm³/mol. The van der Waals surface area contributed by atoms with E-state index in [-0.39, 0.29) is 28.8 Å². The Morgan fingerprint density at radius 3 is 2.67 bits per heavy atom. The standard InChI is InChI=1S/C23H21ClFN3O2/c24-17-8-6-15(7-9-17)13-28-23(30)19-14-27-21-18(22(19)29)11-16(12-20(21)25)5-3-1-2-4-10-26/h6-9,11-12,14H,1-5,13H2,(H,27,29)(H,28,30). The van der Waals surface area contributed by atoms with Gasteiger partial charge in [-0.1, -0.05) is 30.2 Å². The van der Waals surface area contributed by atoms with E-state index in [1.807, 2.05) is 0 Å². The Bertz CT molecular complexity index is 1090. The summed E-state index contributed by atoms with van der Waals surface area (Å²) in [5.41, 5.74) is 1.58.